The zero-order valence-corrected chi connectivity index (χ0v) is 26.1. The standard InChI is InChI=1S/C30H50N4O7S/c1-16(29(35)33-15-17-4-7-19(8-5-17)42(31,37)38)41-18-6-10-23-22(14-18)20-12-13-32-26-21-9-11-24(39-2)28(40-3)25(21)30(36)34(23)27(20)26/h16-28,32H,4-15H2,1-3H3,(H,33,35)(H2,31,37,38). The average Bonchev–Trinajstić information content (AvgIpc) is 3.32. The first kappa shape index (κ1) is 30.7. The number of carbonyl (C=O) groups excluding carboxylic acids is 2. The van der Waals surface area contributed by atoms with Gasteiger partial charge in [-0.15, -0.1) is 0 Å². The van der Waals surface area contributed by atoms with Gasteiger partial charge in [-0.3, -0.25) is 9.59 Å². The average molecular weight is 611 g/mol. The SMILES string of the molecule is COC1CCC2C3NCCC4C5CC(OC(C)C(=O)NCC6CCC(S(N)(=O)=O)CC6)CCC5N(C(=O)C2C1OC)C43. The van der Waals surface area contributed by atoms with Crippen LogP contribution in [0.4, 0.5) is 0 Å². The van der Waals surface area contributed by atoms with Gasteiger partial charge >= 0.3 is 0 Å². The highest BCUT2D eigenvalue weighted by Gasteiger charge is 2.64. The minimum atomic E-state index is -3.49. The molecule has 0 bridgehead atoms. The highest BCUT2D eigenvalue weighted by atomic mass is 32.2. The molecule has 12 heteroatoms. The molecule has 0 spiro atoms. The molecule has 3 saturated heterocycles. The van der Waals surface area contributed by atoms with Crippen LogP contribution in [-0.4, -0.2) is 100 Å². The van der Waals surface area contributed by atoms with Gasteiger partial charge in [0.2, 0.25) is 21.8 Å². The van der Waals surface area contributed by atoms with Crippen LogP contribution in [0.5, 0.6) is 0 Å². The van der Waals surface area contributed by atoms with Crippen molar-refractivity contribution in [1.29, 1.82) is 0 Å². The van der Waals surface area contributed by atoms with E-state index < -0.39 is 21.4 Å². The third kappa shape index (κ3) is 5.53. The fraction of sp³-hybridized carbons (Fsp3) is 0.933. The van der Waals surface area contributed by atoms with Crippen molar-refractivity contribution in [3.05, 3.63) is 0 Å². The lowest BCUT2D eigenvalue weighted by Crippen LogP contribution is -2.70. The van der Waals surface area contributed by atoms with Gasteiger partial charge in [-0.25, -0.2) is 13.6 Å². The zero-order chi connectivity index (χ0) is 29.8. The number of rotatable bonds is 8. The van der Waals surface area contributed by atoms with Gasteiger partial charge in [-0.2, -0.15) is 0 Å². The summed E-state index contributed by atoms with van der Waals surface area (Å²) in [6.45, 7) is 3.32. The van der Waals surface area contributed by atoms with Crippen molar-refractivity contribution in [3.63, 3.8) is 0 Å². The van der Waals surface area contributed by atoms with Gasteiger partial charge in [0.15, 0.2) is 0 Å². The van der Waals surface area contributed by atoms with E-state index in [0.29, 0.717) is 31.2 Å². The number of methoxy groups -OCH3 is 2. The summed E-state index contributed by atoms with van der Waals surface area (Å²) in [4.78, 5) is 29.4. The van der Waals surface area contributed by atoms with Crippen molar-refractivity contribution in [2.75, 3.05) is 27.3 Å². The minimum absolute atomic E-state index is 0.00568. The molecule has 11 unspecified atom stereocenters. The van der Waals surface area contributed by atoms with Crippen molar-refractivity contribution in [1.82, 2.24) is 15.5 Å². The number of hydrogen-bond acceptors (Lipinski definition) is 8. The molecular weight excluding hydrogens is 560 g/mol. The molecule has 238 valence electrons. The van der Waals surface area contributed by atoms with E-state index >= 15 is 0 Å². The van der Waals surface area contributed by atoms with Crippen molar-refractivity contribution in [2.24, 2.45) is 34.7 Å². The second-order valence-electron chi connectivity index (χ2n) is 13.8. The summed E-state index contributed by atoms with van der Waals surface area (Å²) in [5, 5.41) is 11.7. The first-order valence-corrected chi connectivity index (χ1v) is 17.8. The Bertz CT molecular complexity index is 1110. The Kier molecular flexibility index (Phi) is 8.94. The molecule has 2 amide bonds. The Hall–Kier alpha value is -1.31. The molecule has 0 radical (unpaired) electrons. The monoisotopic (exact) mass is 610 g/mol. The molecule has 11 atom stereocenters. The van der Waals surface area contributed by atoms with Crippen LogP contribution in [0.1, 0.15) is 71.1 Å². The third-order valence-electron chi connectivity index (χ3n) is 11.8. The highest BCUT2D eigenvalue weighted by molar-refractivity contribution is 7.89. The molecule has 3 heterocycles. The summed E-state index contributed by atoms with van der Waals surface area (Å²) >= 11 is 0. The van der Waals surface area contributed by atoms with Gasteiger partial charge in [0.1, 0.15) is 6.10 Å². The Labute approximate surface area is 250 Å². The molecule has 42 heavy (non-hydrogen) atoms. The quantitative estimate of drug-likeness (QED) is 0.371. The summed E-state index contributed by atoms with van der Waals surface area (Å²) in [5.74, 6) is 1.32. The van der Waals surface area contributed by atoms with Crippen molar-refractivity contribution in [2.45, 2.75) is 119 Å². The summed E-state index contributed by atoms with van der Waals surface area (Å²) in [6.07, 6.45) is 7.32. The van der Waals surface area contributed by atoms with E-state index in [-0.39, 0.29) is 66.0 Å². The first-order valence-electron chi connectivity index (χ1n) is 16.2. The summed E-state index contributed by atoms with van der Waals surface area (Å²) in [7, 11) is -0.0582. The molecule has 6 fully saturated rings. The van der Waals surface area contributed by atoms with Gasteiger partial charge in [-0.05, 0) is 101 Å². The number of piperidine rings is 2. The van der Waals surface area contributed by atoms with Crippen LogP contribution in [-0.2, 0) is 33.8 Å². The molecule has 0 aromatic heterocycles. The summed E-state index contributed by atoms with van der Waals surface area (Å²) in [5.41, 5.74) is 0. The van der Waals surface area contributed by atoms with Crippen LogP contribution in [0, 0.1) is 29.6 Å². The Morgan fingerprint density at radius 2 is 1.79 bits per heavy atom. The second kappa shape index (κ2) is 12.2. The van der Waals surface area contributed by atoms with Crippen LogP contribution in [0.3, 0.4) is 0 Å². The number of ether oxygens (including phenoxy) is 3. The summed E-state index contributed by atoms with van der Waals surface area (Å²) in [6, 6.07) is 0.729. The van der Waals surface area contributed by atoms with Crippen molar-refractivity contribution >= 4 is 21.8 Å². The van der Waals surface area contributed by atoms with E-state index in [1.807, 2.05) is 6.92 Å². The van der Waals surface area contributed by atoms with Crippen molar-refractivity contribution in [3.8, 4) is 0 Å². The molecule has 4 N–H and O–H groups in total. The highest BCUT2D eigenvalue weighted by Crippen LogP contribution is 2.54. The van der Waals surface area contributed by atoms with Crippen LogP contribution in [0.25, 0.3) is 0 Å². The number of carbonyl (C=O) groups is 2. The number of nitrogens with two attached hydrogens (primary N) is 1. The van der Waals surface area contributed by atoms with E-state index in [0.717, 1.165) is 57.9 Å². The zero-order valence-electron chi connectivity index (χ0n) is 25.3. The molecule has 6 aliphatic rings. The predicted octanol–water partition coefficient (Wildman–Crippen LogP) is 1.15. The number of sulfonamides is 1. The maximum atomic E-state index is 14.2. The fourth-order valence-electron chi connectivity index (χ4n) is 9.86. The van der Waals surface area contributed by atoms with Crippen LogP contribution in [0.15, 0.2) is 0 Å². The van der Waals surface area contributed by atoms with Gasteiger partial charge in [0, 0.05) is 32.8 Å². The lowest BCUT2D eigenvalue weighted by atomic mass is 9.64. The van der Waals surface area contributed by atoms with Gasteiger partial charge in [-0.1, -0.05) is 0 Å². The normalized spacial score (nSPS) is 44.1. The molecule has 0 aromatic carbocycles. The van der Waals surface area contributed by atoms with Gasteiger partial charge in [0.25, 0.3) is 0 Å². The molecule has 0 aromatic rings. The van der Waals surface area contributed by atoms with E-state index in [1.165, 1.54) is 0 Å². The van der Waals surface area contributed by atoms with E-state index in [9.17, 15) is 18.0 Å². The molecule has 3 aliphatic heterocycles. The Balaban J connectivity index is 1.06. The fourth-order valence-corrected chi connectivity index (χ4v) is 10.8. The first-order chi connectivity index (χ1) is 20.1. The van der Waals surface area contributed by atoms with E-state index in [1.54, 1.807) is 14.2 Å². The maximum absolute atomic E-state index is 14.2. The predicted molar refractivity (Wildman–Crippen MR) is 156 cm³/mol. The van der Waals surface area contributed by atoms with E-state index in [2.05, 4.69) is 15.5 Å². The number of hydrogen-bond donors (Lipinski definition) is 3. The summed E-state index contributed by atoms with van der Waals surface area (Å²) < 4.78 is 41.3. The number of nitrogens with one attached hydrogen (secondary N) is 2. The van der Waals surface area contributed by atoms with Crippen LogP contribution >= 0.6 is 0 Å². The number of fused-ring (bicyclic) bond motifs is 5. The lowest BCUT2D eigenvalue weighted by Gasteiger charge is -2.55. The molecule has 6 rings (SSSR count). The number of nitrogens with zero attached hydrogens (tertiary/aromatic N) is 1. The molecular formula is C30H50N4O7S. The minimum Gasteiger partial charge on any atom is -0.379 e. The Morgan fingerprint density at radius 1 is 1.02 bits per heavy atom. The maximum Gasteiger partial charge on any atom is 0.248 e. The largest absolute Gasteiger partial charge is 0.379 e. The molecule has 11 nitrogen and oxygen atoms in total. The smallest absolute Gasteiger partial charge is 0.248 e. The lowest BCUT2D eigenvalue weighted by molar-refractivity contribution is -0.175. The topological polar surface area (TPSA) is 149 Å². The number of primary sulfonamides is 1. The molecule has 3 aliphatic carbocycles. The van der Waals surface area contributed by atoms with E-state index in [4.69, 9.17) is 19.3 Å². The van der Waals surface area contributed by atoms with Crippen molar-refractivity contribution < 1.29 is 32.2 Å². The van der Waals surface area contributed by atoms with Gasteiger partial charge < -0.3 is 29.7 Å². The Morgan fingerprint density at radius 3 is 2.48 bits per heavy atom. The van der Waals surface area contributed by atoms with Crippen LogP contribution in [0.2, 0.25) is 0 Å². The second-order valence-corrected chi connectivity index (χ2v) is 15.7. The third-order valence-corrected chi connectivity index (χ3v) is 13.2. The van der Waals surface area contributed by atoms with Gasteiger partial charge in [0.05, 0.1) is 35.5 Å². The van der Waals surface area contributed by atoms with Crippen LogP contribution < -0.4 is 15.8 Å². The number of amides is 2. The molecule has 3 saturated carbocycles.